The van der Waals surface area contributed by atoms with Gasteiger partial charge in [0.25, 0.3) is 0 Å². The largest absolute Gasteiger partial charge is 0.466 e. The molecule has 0 unspecified atom stereocenters. The predicted molar refractivity (Wildman–Crippen MR) is 54.8 cm³/mol. The van der Waals surface area contributed by atoms with Gasteiger partial charge in [-0.15, -0.1) is 0 Å². The topological polar surface area (TPSA) is 55.4 Å². The molecule has 2 aliphatic heterocycles. The van der Waals surface area contributed by atoms with Gasteiger partial charge in [0.1, 0.15) is 16.9 Å². The van der Waals surface area contributed by atoms with E-state index in [1.54, 1.807) is 0 Å². The van der Waals surface area contributed by atoms with Crippen LogP contribution in [0.5, 0.6) is 0 Å². The molecule has 0 bridgehead atoms. The lowest BCUT2D eigenvalue weighted by Crippen LogP contribution is -2.66. The molecule has 3 heterocycles. The van der Waals surface area contributed by atoms with Crippen molar-refractivity contribution in [3.05, 3.63) is 23.7 Å². The molecule has 4 heteroatoms. The van der Waals surface area contributed by atoms with Crippen LogP contribution in [0.25, 0.3) is 0 Å². The SMILES string of the molecule is Cc1ccc(C2(C3(C#N)COC3)COC2)o1. The lowest BCUT2D eigenvalue weighted by Gasteiger charge is -2.54. The average Bonchev–Trinajstić information content (AvgIpc) is 2.55. The Morgan fingerprint density at radius 3 is 2.19 bits per heavy atom. The standard InChI is InChI=1S/C12H13NO3/c1-9-2-3-10(16-9)12(7-15-8-12)11(4-13)5-14-6-11/h2-3H,5-8H2,1H3. The number of ether oxygens (including phenoxy) is 2. The maximum Gasteiger partial charge on any atom is 0.121 e. The Morgan fingerprint density at radius 2 is 1.88 bits per heavy atom. The van der Waals surface area contributed by atoms with Gasteiger partial charge >= 0.3 is 0 Å². The number of furan rings is 1. The number of nitriles is 1. The van der Waals surface area contributed by atoms with Crippen LogP contribution in [-0.4, -0.2) is 26.4 Å². The Hall–Kier alpha value is -1.31. The molecule has 0 spiro atoms. The van der Waals surface area contributed by atoms with Gasteiger partial charge in [-0.3, -0.25) is 0 Å². The van der Waals surface area contributed by atoms with E-state index in [2.05, 4.69) is 6.07 Å². The fourth-order valence-electron chi connectivity index (χ4n) is 2.41. The van der Waals surface area contributed by atoms with E-state index in [0.717, 1.165) is 11.5 Å². The fraction of sp³-hybridized carbons (Fsp3) is 0.583. The van der Waals surface area contributed by atoms with Gasteiger partial charge in [-0.1, -0.05) is 0 Å². The van der Waals surface area contributed by atoms with Crippen LogP contribution in [0.3, 0.4) is 0 Å². The van der Waals surface area contributed by atoms with E-state index in [9.17, 15) is 5.26 Å². The highest BCUT2D eigenvalue weighted by Gasteiger charge is 2.63. The molecule has 16 heavy (non-hydrogen) atoms. The number of rotatable bonds is 2. The van der Waals surface area contributed by atoms with Gasteiger partial charge in [-0.25, -0.2) is 0 Å². The van der Waals surface area contributed by atoms with E-state index in [4.69, 9.17) is 13.9 Å². The Morgan fingerprint density at radius 1 is 1.19 bits per heavy atom. The summed E-state index contributed by atoms with van der Waals surface area (Å²) in [4.78, 5) is 0. The molecule has 0 radical (unpaired) electrons. The second-order valence-corrected chi connectivity index (χ2v) is 4.67. The molecule has 0 aromatic carbocycles. The maximum absolute atomic E-state index is 9.38. The summed E-state index contributed by atoms with van der Waals surface area (Å²) in [5.74, 6) is 1.73. The van der Waals surface area contributed by atoms with Crippen molar-refractivity contribution in [2.75, 3.05) is 26.4 Å². The Bertz CT molecular complexity index is 449. The molecule has 3 rings (SSSR count). The van der Waals surface area contributed by atoms with Crippen molar-refractivity contribution in [3.63, 3.8) is 0 Å². The zero-order valence-corrected chi connectivity index (χ0v) is 9.16. The first kappa shape index (κ1) is 9.88. The molecule has 4 nitrogen and oxygen atoms in total. The molecule has 84 valence electrons. The first-order valence-corrected chi connectivity index (χ1v) is 5.36. The Labute approximate surface area is 93.8 Å². The van der Waals surface area contributed by atoms with Crippen molar-refractivity contribution in [1.82, 2.24) is 0 Å². The minimum atomic E-state index is -0.463. The van der Waals surface area contributed by atoms with Crippen molar-refractivity contribution in [2.24, 2.45) is 5.41 Å². The summed E-state index contributed by atoms with van der Waals surface area (Å²) in [6.45, 7) is 3.97. The summed E-state index contributed by atoms with van der Waals surface area (Å²) < 4.78 is 16.2. The number of aryl methyl sites for hydroxylation is 1. The Kier molecular flexibility index (Phi) is 1.91. The minimum absolute atomic E-state index is 0.297. The third-order valence-corrected chi connectivity index (χ3v) is 3.74. The van der Waals surface area contributed by atoms with E-state index >= 15 is 0 Å². The first-order chi connectivity index (χ1) is 7.72. The van der Waals surface area contributed by atoms with Crippen LogP contribution in [0.1, 0.15) is 11.5 Å². The first-order valence-electron chi connectivity index (χ1n) is 5.36. The van der Waals surface area contributed by atoms with Crippen LogP contribution >= 0.6 is 0 Å². The molecule has 0 saturated carbocycles. The van der Waals surface area contributed by atoms with E-state index in [1.807, 2.05) is 19.1 Å². The molecule has 0 N–H and O–H groups in total. The zero-order chi connectivity index (χ0) is 11.2. The quantitative estimate of drug-likeness (QED) is 0.754. The Balaban J connectivity index is 2.04. The predicted octanol–water partition coefficient (Wildman–Crippen LogP) is 1.40. The number of hydrogen-bond donors (Lipinski definition) is 0. The van der Waals surface area contributed by atoms with Crippen LogP contribution in [0, 0.1) is 23.7 Å². The fourth-order valence-corrected chi connectivity index (χ4v) is 2.41. The van der Waals surface area contributed by atoms with E-state index < -0.39 is 5.41 Å². The van der Waals surface area contributed by atoms with E-state index in [1.165, 1.54) is 0 Å². The van der Waals surface area contributed by atoms with Gasteiger partial charge in [0.15, 0.2) is 0 Å². The number of hydrogen-bond acceptors (Lipinski definition) is 4. The second-order valence-electron chi connectivity index (χ2n) is 4.67. The summed E-state index contributed by atoms with van der Waals surface area (Å²) in [6, 6.07) is 6.28. The molecule has 0 atom stereocenters. The van der Waals surface area contributed by atoms with Gasteiger partial charge in [-0.05, 0) is 19.1 Å². The summed E-state index contributed by atoms with van der Waals surface area (Å²) in [7, 11) is 0. The lowest BCUT2D eigenvalue weighted by atomic mass is 9.60. The van der Waals surface area contributed by atoms with Gasteiger partial charge in [0.05, 0.1) is 37.9 Å². The third kappa shape index (κ3) is 0.998. The molecule has 2 saturated heterocycles. The molecular weight excluding hydrogens is 206 g/mol. The zero-order valence-electron chi connectivity index (χ0n) is 9.16. The van der Waals surface area contributed by atoms with Gasteiger partial charge in [0, 0.05) is 0 Å². The summed E-state index contributed by atoms with van der Waals surface area (Å²) >= 11 is 0. The van der Waals surface area contributed by atoms with Crippen LogP contribution in [0.4, 0.5) is 0 Å². The summed E-state index contributed by atoms with van der Waals surface area (Å²) in [6.07, 6.45) is 0. The van der Waals surface area contributed by atoms with E-state index in [0.29, 0.717) is 26.4 Å². The van der Waals surface area contributed by atoms with Gasteiger partial charge in [0.2, 0.25) is 0 Å². The molecule has 2 fully saturated rings. The third-order valence-electron chi connectivity index (χ3n) is 3.74. The second kappa shape index (κ2) is 3.09. The molecule has 0 aliphatic carbocycles. The van der Waals surface area contributed by atoms with Crippen molar-refractivity contribution < 1.29 is 13.9 Å². The van der Waals surface area contributed by atoms with Crippen LogP contribution < -0.4 is 0 Å². The average molecular weight is 219 g/mol. The van der Waals surface area contributed by atoms with Gasteiger partial charge in [-0.2, -0.15) is 5.26 Å². The van der Waals surface area contributed by atoms with E-state index in [-0.39, 0.29) is 5.41 Å². The van der Waals surface area contributed by atoms with Gasteiger partial charge < -0.3 is 13.9 Å². The number of nitrogens with zero attached hydrogens (tertiary/aromatic N) is 1. The molecule has 1 aromatic rings. The normalized spacial score (nSPS) is 25.2. The summed E-state index contributed by atoms with van der Waals surface area (Å²) in [5, 5.41) is 9.38. The molecule has 0 amide bonds. The van der Waals surface area contributed by atoms with Crippen LogP contribution in [0.15, 0.2) is 16.5 Å². The highest BCUT2D eigenvalue weighted by molar-refractivity contribution is 5.32. The summed E-state index contributed by atoms with van der Waals surface area (Å²) in [5.41, 5.74) is -0.760. The van der Waals surface area contributed by atoms with Crippen LogP contribution in [-0.2, 0) is 14.9 Å². The van der Waals surface area contributed by atoms with Crippen molar-refractivity contribution >= 4 is 0 Å². The van der Waals surface area contributed by atoms with Crippen molar-refractivity contribution in [1.29, 1.82) is 5.26 Å². The molecule has 1 aromatic heterocycles. The van der Waals surface area contributed by atoms with Crippen molar-refractivity contribution in [2.45, 2.75) is 12.3 Å². The van der Waals surface area contributed by atoms with Crippen LogP contribution in [0.2, 0.25) is 0 Å². The maximum atomic E-state index is 9.38. The molecule has 2 aliphatic rings. The molecular formula is C12H13NO3. The highest BCUT2D eigenvalue weighted by Crippen LogP contribution is 2.51. The van der Waals surface area contributed by atoms with Crippen molar-refractivity contribution in [3.8, 4) is 6.07 Å². The monoisotopic (exact) mass is 219 g/mol. The lowest BCUT2D eigenvalue weighted by molar-refractivity contribution is -0.207. The highest BCUT2D eigenvalue weighted by atomic mass is 16.5. The minimum Gasteiger partial charge on any atom is -0.466 e. The smallest absolute Gasteiger partial charge is 0.121 e.